The maximum absolute atomic E-state index is 2.53. The fourth-order valence-corrected chi connectivity index (χ4v) is 3.60. The van der Waals surface area contributed by atoms with Crippen molar-refractivity contribution in [2.24, 2.45) is 0 Å². The highest BCUT2D eigenvalue weighted by molar-refractivity contribution is 5.92. The van der Waals surface area contributed by atoms with Crippen LogP contribution >= 0.6 is 0 Å². The Morgan fingerprint density at radius 3 is 2.25 bits per heavy atom. The highest BCUT2D eigenvalue weighted by Gasteiger charge is 2.20. The number of nitrogens with zero attached hydrogens (tertiary/aromatic N) is 2. The van der Waals surface area contributed by atoms with Crippen LogP contribution in [0.4, 0.5) is 0 Å². The predicted molar refractivity (Wildman–Crippen MR) is 105 cm³/mol. The number of aryl methyl sites for hydroxylation is 1. The highest BCUT2D eigenvalue weighted by atomic mass is 15.1. The van der Waals surface area contributed by atoms with E-state index in [-0.39, 0.29) is 0 Å². The molecule has 3 aromatic rings. The van der Waals surface area contributed by atoms with E-state index in [9.17, 15) is 0 Å². The van der Waals surface area contributed by atoms with E-state index >= 15 is 0 Å². The molecule has 1 heterocycles. The van der Waals surface area contributed by atoms with E-state index in [0.717, 1.165) is 19.5 Å². The molecule has 126 valence electrons. The fourth-order valence-electron chi connectivity index (χ4n) is 3.60. The molecule has 2 heteroatoms. The summed E-state index contributed by atoms with van der Waals surface area (Å²) in [6.07, 6.45) is 1.16. The van der Waals surface area contributed by atoms with Crippen LogP contribution < -0.4 is 0 Å². The molecule has 0 atom stereocenters. The summed E-state index contributed by atoms with van der Waals surface area (Å²) in [5.74, 6) is 0.500. The van der Waals surface area contributed by atoms with Crippen LogP contribution in [-0.2, 0) is 6.54 Å². The third kappa shape index (κ3) is 3.25. The van der Waals surface area contributed by atoms with Crippen LogP contribution in [-0.4, -0.2) is 30.1 Å². The first-order valence-electron chi connectivity index (χ1n) is 8.91. The van der Waals surface area contributed by atoms with Gasteiger partial charge in [-0.3, -0.25) is 0 Å². The molecule has 0 aliphatic heterocycles. The van der Waals surface area contributed by atoms with Crippen molar-refractivity contribution >= 4 is 10.9 Å². The molecule has 0 saturated heterocycles. The van der Waals surface area contributed by atoms with E-state index in [0.29, 0.717) is 5.92 Å². The second kappa shape index (κ2) is 7.23. The van der Waals surface area contributed by atoms with Gasteiger partial charge in [0, 0.05) is 17.4 Å². The van der Waals surface area contributed by atoms with Gasteiger partial charge in [0.2, 0.25) is 0 Å². The summed E-state index contributed by atoms with van der Waals surface area (Å²) in [5, 5.41) is 1.40. The molecule has 0 saturated carbocycles. The monoisotopic (exact) mass is 320 g/mol. The van der Waals surface area contributed by atoms with Gasteiger partial charge in [0.1, 0.15) is 0 Å². The van der Waals surface area contributed by atoms with Crippen molar-refractivity contribution in [3.63, 3.8) is 0 Å². The number of fused-ring (bicyclic) bond motifs is 1. The molecule has 0 spiro atoms. The molecule has 0 radical (unpaired) electrons. The molecule has 3 rings (SSSR count). The number of benzene rings is 2. The molecule has 2 nitrogen and oxygen atoms in total. The normalized spacial score (nSPS) is 11.8. The molecule has 0 N–H and O–H groups in total. The standard InChI is InChI=1S/C22H28N2/c1-17(2)21-19-13-8-9-14-20(19)24(16-10-15-23(3)4)22(21)18-11-6-5-7-12-18/h5-9,11-14,17H,10,15-16H2,1-4H3. The molecule has 1 aromatic heterocycles. The van der Waals surface area contributed by atoms with Crippen molar-refractivity contribution in [2.45, 2.75) is 32.7 Å². The number of aromatic nitrogens is 1. The van der Waals surface area contributed by atoms with E-state index in [4.69, 9.17) is 0 Å². The van der Waals surface area contributed by atoms with Crippen molar-refractivity contribution in [1.82, 2.24) is 9.47 Å². The van der Waals surface area contributed by atoms with Crippen molar-refractivity contribution in [3.8, 4) is 11.3 Å². The van der Waals surface area contributed by atoms with Crippen LogP contribution in [0, 0.1) is 0 Å². The zero-order valence-corrected chi connectivity index (χ0v) is 15.3. The van der Waals surface area contributed by atoms with Gasteiger partial charge in [-0.25, -0.2) is 0 Å². The lowest BCUT2D eigenvalue weighted by Gasteiger charge is -2.16. The second-order valence-electron chi connectivity index (χ2n) is 7.11. The van der Waals surface area contributed by atoms with E-state index in [1.54, 1.807) is 0 Å². The summed E-state index contributed by atoms with van der Waals surface area (Å²) in [6, 6.07) is 19.7. The van der Waals surface area contributed by atoms with Gasteiger partial charge >= 0.3 is 0 Å². The van der Waals surface area contributed by atoms with Crippen LogP contribution in [0.2, 0.25) is 0 Å². The molecule has 0 aliphatic rings. The van der Waals surface area contributed by atoms with Crippen molar-refractivity contribution in [2.75, 3.05) is 20.6 Å². The van der Waals surface area contributed by atoms with E-state index < -0.39 is 0 Å². The Bertz CT molecular complexity index is 797. The fraction of sp³-hybridized carbons (Fsp3) is 0.364. The minimum Gasteiger partial charge on any atom is -0.340 e. The van der Waals surface area contributed by atoms with Crippen LogP contribution in [0.3, 0.4) is 0 Å². The van der Waals surface area contributed by atoms with Gasteiger partial charge < -0.3 is 9.47 Å². The van der Waals surface area contributed by atoms with Gasteiger partial charge in [-0.1, -0.05) is 62.4 Å². The quantitative estimate of drug-likeness (QED) is 0.591. The molecule has 0 amide bonds. The SMILES string of the molecule is CC(C)c1c(-c2ccccc2)n(CCCN(C)C)c2ccccc12. The summed E-state index contributed by atoms with van der Waals surface area (Å²) < 4.78 is 2.53. The van der Waals surface area contributed by atoms with Gasteiger partial charge in [0.25, 0.3) is 0 Å². The smallest absolute Gasteiger partial charge is 0.0526 e. The average Bonchev–Trinajstić information content (AvgIpc) is 2.90. The molecule has 0 bridgehead atoms. The van der Waals surface area contributed by atoms with Crippen molar-refractivity contribution in [1.29, 1.82) is 0 Å². The van der Waals surface area contributed by atoms with E-state index in [1.807, 2.05) is 0 Å². The Kier molecular flexibility index (Phi) is 5.06. The van der Waals surface area contributed by atoms with Crippen LogP contribution in [0.25, 0.3) is 22.2 Å². The molecule has 0 aliphatic carbocycles. The minimum atomic E-state index is 0.500. The minimum absolute atomic E-state index is 0.500. The molecule has 24 heavy (non-hydrogen) atoms. The van der Waals surface area contributed by atoms with Crippen LogP contribution in [0.1, 0.15) is 31.7 Å². The lowest BCUT2D eigenvalue weighted by Crippen LogP contribution is -2.15. The Balaban J connectivity index is 2.19. The summed E-state index contributed by atoms with van der Waals surface area (Å²) >= 11 is 0. The van der Waals surface area contributed by atoms with E-state index in [1.165, 1.54) is 27.7 Å². The first kappa shape index (κ1) is 16.8. The topological polar surface area (TPSA) is 8.17 Å². The summed E-state index contributed by atoms with van der Waals surface area (Å²) in [4.78, 5) is 2.26. The molecule has 0 unspecified atom stereocenters. The lowest BCUT2D eigenvalue weighted by atomic mass is 9.96. The average molecular weight is 320 g/mol. The molecule has 2 aromatic carbocycles. The maximum atomic E-state index is 2.53. The third-order valence-corrected chi connectivity index (χ3v) is 4.62. The number of hydrogen-bond donors (Lipinski definition) is 0. The largest absolute Gasteiger partial charge is 0.340 e. The zero-order chi connectivity index (χ0) is 17.1. The first-order valence-corrected chi connectivity index (χ1v) is 8.91. The van der Waals surface area contributed by atoms with Gasteiger partial charge in [0.15, 0.2) is 0 Å². The maximum Gasteiger partial charge on any atom is 0.0526 e. The molecular weight excluding hydrogens is 292 g/mol. The van der Waals surface area contributed by atoms with Crippen molar-refractivity contribution in [3.05, 3.63) is 60.2 Å². The second-order valence-corrected chi connectivity index (χ2v) is 7.11. The summed E-state index contributed by atoms with van der Waals surface area (Å²) in [7, 11) is 4.29. The van der Waals surface area contributed by atoms with Crippen molar-refractivity contribution < 1.29 is 0 Å². The van der Waals surface area contributed by atoms with Crippen LogP contribution in [0.15, 0.2) is 54.6 Å². The third-order valence-electron chi connectivity index (χ3n) is 4.62. The number of rotatable bonds is 6. The molecular formula is C22H28N2. The number of hydrogen-bond acceptors (Lipinski definition) is 1. The predicted octanol–water partition coefficient (Wildman–Crippen LogP) is 5.38. The zero-order valence-electron chi connectivity index (χ0n) is 15.3. The van der Waals surface area contributed by atoms with Crippen LogP contribution in [0.5, 0.6) is 0 Å². The Morgan fingerprint density at radius 1 is 0.917 bits per heavy atom. The first-order chi connectivity index (χ1) is 11.6. The Morgan fingerprint density at radius 2 is 1.58 bits per heavy atom. The summed E-state index contributed by atoms with van der Waals surface area (Å²) in [6.45, 7) is 6.77. The van der Waals surface area contributed by atoms with Gasteiger partial charge in [0.05, 0.1) is 5.69 Å². The van der Waals surface area contributed by atoms with Gasteiger partial charge in [-0.05, 0) is 50.2 Å². The Labute approximate surface area is 145 Å². The molecule has 0 fully saturated rings. The summed E-state index contributed by atoms with van der Waals surface area (Å²) in [5.41, 5.74) is 5.55. The van der Waals surface area contributed by atoms with Gasteiger partial charge in [-0.15, -0.1) is 0 Å². The Hall–Kier alpha value is -2.06. The number of para-hydroxylation sites is 1. The van der Waals surface area contributed by atoms with Gasteiger partial charge in [-0.2, -0.15) is 0 Å². The highest BCUT2D eigenvalue weighted by Crippen LogP contribution is 2.38. The van der Waals surface area contributed by atoms with E-state index in [2.05, 4.69) is 92.0 Å². The lowest BCUT2D eigenvalue weighted by molar-refractivity contribution is 0.388.